The second-order valence-corrected chi connectivity index (χ2v) is 8.43. The molecule has 0 spiro atoms. The van der Waals surface area contributed by atoms with Crippen LogP contribution in [0.15, 0.2) is 45.3 Å². The number of fused-ring (bicyclic) bond motifs is 1. The molecule has 3 aromatic rings. The first-order chi connectivity index (χ1) is 13.0. The lowest BCUT2D eigenvalue weighted by Crippen LogP contribution is -2.18. The van der Waals surface area contributed by atoms with Crippen LogP contribution in [-0.4, -0.2) is 11.8 Å². The molecular formula is C20H17BrN2O3S. The molecule has 0 fully saturated rings. The highest BCUT2D eigenvalue weighted by atomic mass is 79.9. The predicted molar refractivity (Wildman–Crippen MR) is 109 cm³/mol. The Morgan fingerprint density at radius 3 is 2.56 bits per heavy atom. The number of rotatable bonds is 4. The molecule has 0 radical (unpaired) electrons. The van der Waals surface area contributed by atoms with Gasteiger partial charge in [-0.05, 0) is 55.5 Å². The number of amides is 2. The number of carbonyl (C=O) groups excluding carboxylic acids is 2. The molecule has 4 rings (SSSR count). The van der Waals surface area contributed by atoms with Crippen LogP contribution < -0.4 is 11.1 Å². The van der Waals surface area contributed by atoms with Crippen LogP contribution in [0.3, 0.4) is 0 Å². The van der Waals surface area contributed by atoms with Gasteiger partial charge in [0.2, 0.25) is 0 Å². The second kappa shape index (κ2) is 7.32. The summed E-state index contributed by atoms with van der Waals surface area (Å²) in [6.07, 6.45) is 3.87. The number of nitrogens with two attached hydrogens (primary N) is 1. The van der Waals surface area contributed by atoms with Gasteiger partial charge in [-0.3, -0.25) is 9.59 Å². The third-order valence-electron chi connectivity index (χ3n) is 4.60. The van der Waals surface area contributed by atoms with Crippen LogP contribution in [0, 0.1) is 0 Å². The number of carbonyl (C=O) groups is 2. The van der Waals surface area contributed by atoms with Crippen molar-refractivity contribution >= 4 is 44.1 Å². The highest BCUT2D eigenvalue weighted by molar-refractivity contribution is 9.10. The normalized spacial score (nSPS) is 13.2. The van der Waals surface area contributed by atoms with Gasteiger partial charge in [0.15, 0.2) is 5.76 Å². The smallest absolute Gasteiger partial charge is 0.292 e. The van der Waals surface area contributed by atoms with Crippen LogP contribution in [-0.2, 0) is 12.8 Å². The Morgan fingerprint density at radius 1 is 1.07 bits per heavy atom. The zero-order valence-electron chi connectivity index (χ0n) is 14.4. The zero-order chi connectivity index (χ0) is 19.0. The molecule has 2 aromatic heterocycles. The first-order valence-electron chi connectivity index (χ1n) is 8.64. The molecule has 1 aromatic carbocycles. The Labute approximate surface area is 168 Å². The number of benzene rings is 1. The van der Waals surface area contributed by atoms with E-state index in [0.717, 1.165) is 46.2 Å². The van der Waals surface area contributed by atoms with Crippen LogP contribution in [0.4, 0.5) is 5.00 Å². The number of halogens is 1. The fourth-order valence-corrected chi connectivity index (χ4v) is 4.86. The van der Waals surface area contributed by atoms with E-state index in [2.05, 4.69) is 21.2 Å². The van der Waals surface area contributed by atoms with E-state index < -0.39 is 5.91 Å². The molecule has 1 aliphatic rings. The maximum absolute atomic E-state index is 12.6. The van der Waals surface area contributed by atoms with E-state index >= 15 is 0 Å². The Morgan fingerprint density at radius 2 is 1.81 bits per heavy atom. The monoisotopic (exact) mass is 444 g/mol. The van der Waals surface area contributed by atoms with Gasteiger partial charge < -0.3 is 15.5 Å². The third-order valence-corrected chi connectivity index (χ3v) is 6.34. The van der Waals surface area contributed by atoms with E-state index in [1.807, 2.05) is 24.3 Å². The molecule has 0 aliphatic heterocycles. The molecule has 0 saturated heterocycles. The average Bonchev–Trinajstić information content (AvgIpc) is 3.26. The number of thiophene rings is 1. The number of hydrogen-bond donors (Lipinski definition) is 2. The van der Waals surface area contributed by atoms with Crippen molar-refractivity contribution in [3.63, 3.8) is 0 Å². The number of hydrogen-bond acceptors (Lipinski definition) is 4. The average molecular weight is 445 g/mol. The number of nitrogens with one attached hydrogen (secondary N) is 1. The molecule has 5 nitrogen and oxygen atoms in total. The molecule has 7 heteroatoms. The van der Waals surface area contributed by atoms with Gasteiger partial charge in [0.25, 0.3) is 11.8 Å². The fraction of sp³-hybridized carbons (Fsp3) is 0.200. The minimum Gasteiger partial charge on any atom is -0.451 e. The Hall–Kier alpha value is -2.38. The van der Waals surface area contributed by atoms with Crippen molar-refractivity contribution in [2.45, 2.75) is 25.7 Å². The second-order valence-electron chi connectivity index (χ2n) is 6.40. The molecular weight excluding hydrogens is 428 g/mol. The van der Waals surface area contributed by atoms with Gasteiger partial charge >= 0.3 is 0 Å². The van der Waals surface area contributed by atoms with E-state index in [4.69, 9.17) is 10.2 Å². The maximum Gasteiger partial charge on any atom is 0.292 e. The van der Waals surface area contributed by atoms with Crippen molar-refractivity contribution in [3.8, 4) is 11.3 Å². The van der Waals surface area contributed by atoms with Gasteiger partial charge in [0.1, 0.15) is 10.8 Å². The Balaban J connectivity index is 1.59. The number of primary amides is 1. The minimum absolute atomic E-state index is 0.190. The topological polar surface area (TPSA) is 85.3 Å². The minimum atomic E-state index is -0.500. The molecule has 1 aliphatic carbocycles. The van der Waals surface area contributed by atoms with Crippen LogP contribution in [0.25, 0.3) is 11.3 Å². The van der Waals surface area contributed by atoms with Crippen molar-refractivity contribution in [3.05, 3.63) is 62.6 Å². The Bertz CT molecular complexity index is 1020. The van der Waals surface area contributed by atoms with E-state index in [1.54, 1.807) is 12.1 Å². The molecule has 0 saturated carbocycles. The van der Waals surface area contributed by atoms with E-state index in [1.165, 1.54) is 11.3 Å². The summed E-state index contributed by atoms with van der Waals surface area (Å²) in [5.41, 5.74) is 7.89. The van der Waals surface area contributed by atoms with Crippen molar-refractivity contribution in [2.24, 2.45) is 5.73 Å². The molecule has 0 unspecified atom stereocenters. The number of aryl methyl sites for hydroxylation is 1. The molecule has 2 amide bonds. The zero-order valence-corrected chi connectivity index (χ0v) is 16.8. The number of anilines is 1. The van der Waals surface area contributed by atoms with Gasteiger partial charge in [-0.15, -0.1) is 11.3 Å². The molecule has 0 atom stereocenters. The molecule has 0 bridgehead atoms. The molecule has 2 heterocycles. The Kier molecular flexibility index (Phi) is 4.88. The van der Waals surface area contributed by atoms with Gasteiger partial charge in [-0.2, -0.15) is 0 Å². The summed E-state index contributed by atoms with van der Waals surface area (Å²) in [6.45, 7) is 0. The standard InChI is InChI=1S/C20H17BrN2O3S/c21-12-7-5-11(6-8-12)14-9-10-15(26-14)19(25)23-20-17(18(22)24)13-3-1-2-4-16(13)27-20/h5-10H,1-4H2,(H2,22,24)(H,23,25). The summed E-state index contributed by atoms with van der Waals surface area (Å²) < 4.78 is 6.68. The summed E-state index contributed by atoms with van der Waals surface area (Å²) in [5.74, 6) is -0.0953. The highest BCUT2D eigenvalue weighted by Gasteiger charge is 2.25. The largest absolute Gasteiger partial charge is 0.451 e. The lowest BCUT2D eigenvalue weighted by atomic mass is 9.95. The van der Waals surface area contributed by atoms with Gasteiger partial charge in [0.05, 0.1) is 5.56 Å². The predicted octanol–water partition coefficient (Wildman–Crippen LogP) is 5.00. The fourth-order valence-electron chi connectivity index (χ4n) is 3.31. The van der Waals surface area contributed by atoms with E-state index in [9.17, 15) is 9.59 Å². The highest BCUT2D eigenvalue weighted by Crippen LogP contribution is 2.38. The van der Waals surface area contributed by atoms with E-state index in [-0.39, 0.29) is 11.7 Å². The van der Waals surface area contributed by atoms with E-state index in [0.29, 0.717) is 16.3 Å². The van der Waals surface area contributed by atoms with Crippen molar-refractivity contribution < 1.29 is 14.0 Å². The summed E-state index contributed by atoms with van der Waals surface area (Å²) in [4.78, 5) is 25.7. The first kappa shape index (κ1) is 18.0. The van der Waals surface area contributed by atoms with Crippen molar-refractivity contribution in [2.75, 3.05) is 5.32 Å². The molecule has 138 valence electrons. The SMILES string of the molecule is NC(=O)c1c(NC(=O)c2ccc(-c3ccc(Br)cc3)o2)sc2c1CCCC2. The molecule has 27 heavy (non-hydrogen) atoms. The van der Waals surface area contributed by atoms with Gasteiger partial charge in [0, 0.05) is 14.9 Å². The number of furan rings is 1. The third kappa shape index (κ3) is 3.57. The van der Waals surface area contributed by atoms with Crippen LogP contribution in [0.2, 0.25) is 0 Å². The summed E-state index contributed by atoms with van der Waals surface area (Å²) in [5, 5.41) is 3.33. The summed E-state index contributed by atoms with van der Waals surface area (Å²) in [7, 11) is 0. The molecule has 3 N–H and O–H groups in total. The van der Waals surface area contributed by atoms with Crippen LogP contribution in [0.5, 0.6) is 0 Å². The quantitative estimate of drug-likeness (QED) is 0.593. The van der Waals surface area contributed by atoms with Crippen LogP contribution in [0.1, 0.15) is 44.2 Å². The van der Waals surface area contributed by atoms with Crippen molar-refractivity contribution in [1.29, 1.82) is 0 Å². The lowest BCUT2D eigenvalue weighted by Gasteiger charge is -2.11. The summed E-state index contributed by atoms with van der Waals surface area (Å²) in [6, 6.07) is 11.0. The summed E-state index contributed by atoms with van der Waals surface area (Å²) >= 11 is 4.83. The van der Waals surface area contributed by atoms with Gasteiger partial charge in [-0.25, -0.2) is 0 Å². The van der Waals surface area contributed by atoms with Crippen molar-refractivity contribution in [1.82, 2.24) is 0 Å². The maximum atomic E-state index is 12.6. The van der Waals surface area contributed by atoms with Crippen LogP contribution >= 0.6 is 27.3 Å². The van der Waals surface area contributed by atoms with Gasteiger partial charge in [-0.1, -0.05) is 28.1 Å². The first-order valence-corrected chi connectivity index (χ1v) is 10.3. The lowest BCUT2D eigenvalue weighted by molar-refractivity contribution is 0.0998.